The number of nitrogens with two attached hydrogens (primary N) is 1. The van der Waals surface area contributed by atoms with Crippen molar-refractivity contribution in [2.75, 3.05) is 5.32 Å². The highest BCUT2D eigenvalue weighted by Crippen LogP contribution is 2.24. The summed E-state index contributed by atoms with van der Waals surface area (Å²) in [4.78, 5) is 4.75. The van der Waals surface area contributed by atoms with Crippen LogP contribution in [0.25, 0.3) is 0 Å². The minimum Gasteiger partial charge on any atom is -0.389 e. The molecule has 1 aromatic carbocycles. The second-order valence-electron chi connectivity index (χ2n) is 4.18. The molecule has 3 N–H and O–H groups in total. The quantitative estimate of drug-likeness (QED) is 0.841. The highest BCUT2D eigenvalue weighted by atomic mass is 79.9. The molecule has 0 bridgehead atoms. The Kier molecular flexibility index (Phi) is 4.50. The van der Waals surface area contributed by atoms with Crippen LogP contribution < -0.4 is 11.1 Å². The molecule has 1 heterocycles. The van der Waals surface area contributed by atoms with Crippen LogP contribution in [0, 0.1) is 6.92 Å². The van der Waals surface area contributed by atoms with E-state index in [1.165, 1.54) is 5.56 Å². The van der Waals surface area contributed by atoms with E-state index in [1.54, 1.807) is 6.20 Å². The van der Waals surface area contributed by atoms with Crippen molar-refractivity contribution in [2.24, 2.45) is 5.73 Å². The standard InChI is InChI=1S/C14H14BrN3S/c1-9-3-2-6-17-13(9)8-18-12-5-4-10(14(16)19)7-11(12)15/h2-7,18H,8H2,1H3,(H2,16,19). The van der Waals surface area contributed by atoms with Crippen LogP contribution in [-0.4, -0.2) is 9.97 Å². The highest BCUT2D eigenvalue weighted by Gasteiger charge is 2.04. The molecule has 0 atom stereocenters. The van der Waals surface area contributed by atoms with Gasteiger partial charge >= 0.3 is 0 Å². The predicted molar refractivity (Wildman–Crippen MR) is 86.3 cm³/mol. The Balaban J connectivity index is 2.12. The zero-order valence-corrected chi connectivity index (χ0v) is 12.9. The Morgan fingerprint density at radius 2 is 2.21 bits per heavy atom. The number of anilines is 1. The van der Waals surface area contributed by atoms with E-state index in [4.69, 9.17) is 18.0 Å². The third-order valence-electron chi connectivity index (χ3n) is 2.82. The van der Waals surface area contributed by atoms with Gasteiger partial charge in [0.05, 0.1) is 12.2 Å². The number of pyridine rings is 1. The van der Waals surface area contributed by atoms with E-state index in [-0.39, 0.29) is 0 Å². The molecule has 2 rings (SSSR count). The molecular formula is C14H14BrN3S. The SMILES string of the molecule is Cc1cccnc1CNc1ccc(C(N)=S)cc1Br. The molecule has 0 unspecified atom stereocenters. The summed E-state index contributed by atoms with van der Waals surface area (Å²) in [5.74, 6) is 0. The van der Waals surface area contributed by atoms with Gasteiger partial charge in [-0.05, 0) is 52.7 Å². The van der Waals surface area contributed by atoms with Crippen LogP contribution in [0.1, 0.15) is 16.8 Å². The third-order valence-corrected chi connectivity index (χ3v) is 3.71. The van der Waals surface area contributed by atoms with Gasteiger partial charge in [0, 0.05) is 21.9 Å². The molecule has 0 amide bonds. The number of rotatable bonds is 4. The summed E-state index contributed by atoms with van der Waals surface area (Å²) in [5, 5.41) is 3.34. The summed E-state index contributed by atoms with van der Waals surface area (Å²) < 4.78 is 0.936. The van der Waals surface area contributed by atoms with E-state index < -0.39 is 0 Å². The number of hydrogen-bond donors (Lipinski definition) is 2. The topological polar surface area (TPSA) is 50.9 Å². The van der Waals surface area contributed by atoms with E-state index >= 15 is 0 Å². The molecule has 0 saturated heterocycles. The van der Waals surface area contributed by atoms with Crippen molar-refractivity contribution in [3.8, 4) is 0 Å². The largest absolute Gasteiger partial charge is 0.389 e. The minimum absolute atomic E-state index is 0.396. The van der Waals surface area contributed by atoms with Crippen LogP contribution in [0.3, 0.4) is 0 Å². The smallest absolute Gasteiger partial charge is 0.104 e. The van der Waals surface area contributed by atoms with Crippen LogP contribution in [-0.2, 0) is 6.54 Å². The van der Waals surface area contributed by atoms with Gasteiger partial charge in [-0.3, -0.25) is 4.98 Å². The number of aromatic nitrogens is 1. The number of thiocarbonyl (C=S) groups is 1. The summed E-state index contributed by atoms with van der Waals surface area (Å²) >= 11 is 8.46. The van der Waals surface area contributed by atoms with Gasteiger partial charge in [0.1, 0.15) is 4.99 Å². The van der Waals surface area contributed by atoms with Crippen molar-refractivity contribution >= 4 is 38.8 Å². The van der Waals surface area contributed by atoms with Crippen molar-refractivity contribution in [1.29, 1.82) is 0 Å². The Morgan fingerprint density at radius 1 is 1.42 bits per heavy atom. The van der Waals surface area contributed by atoms with Crippen molar-refractivity contribution in [3.05, 3.63) is 57.8 Å². The maximum atomic E-state index is 5.60. The van der Waals surface area contributed by atoms with Gasteiger partial charge in [0.15, 0.2) is 0 Å². The first-order valence-electron chi connectivity index (χ1n) is 5.81. The van der Waals surface area contributed by atoms with E-state index in [0.29, 0.717) is 11.5 Å². The van der Waals surface area contributed by atoms with Crippen LogP contribution in [0.5, 0.6) is 0 Å². The van der Waals surface area contributed by atoms with Crippen molar-refractivity contribution in [1.82, 2.24) is 4.98 Å². The number of hydrogen-bond acceptors (Lipinski definition) is 3. The van der Waals surface area contributed by atoms with E-state index in [1.807, 2.05) is 24.3 Å². The lowest BCUT2D eigenvalue weighted by atomic mass is 10.2. The minimum atomic E-state index is 0.396. The first-order valence-corrected chi connectivity index (χ1v) is 7.02. The lowest BCUT2D eigenvalue weighted by Gasteiger charge is -2.10. The Labute approximate surface area is 126 Å². The summed E-state index contributed by atoms with van der Waals surface area (Å²) in [7, 11) is 0. The second kappa shape index (κ2) is 6.12. The zero-order chi connectivity index (χ0) is 13.8. The lowest BCUT2D eigenvalue weighted by Crippen LogP contribution is -2.10. The average molecular weight is 336 g/mol. The van der Waals surface area contributed by atoms with Crippen LogP contribution >= 0.6 is 28.1 Å². The van der Waals surface area contributed by atoms with Crippen molar-refractivity contribution < 1.29 is 0 Å². The normalized spacial score (nSPS) is 10.2. The highest BCUT2D eigenvalue weighted by molar-refractivity contribution is 9.10. The Bertz CT molecular complexity index is 613. The van der Waals surface area contributed by atoms with Crippen LogP contribution in [0.4, 0.5) is 5.69 Å². The molecule has 0 aliphatic rings. The molecule has 0 fully saturated rings. The molecule has 3 nitrogen and oxygen atoms in total. The molecule has 5 heteroatoms. The molecule has 1 aromatic heterocycles. The number of benzene rings is 1. The molecule has 19 heavy (non-hydrogen) atoms. The van der Waals surface area contributed by atoms with Gasteiger partial charge in [-0.25, -0.2) is 0 Å². The predicted octanol–water partition coefficient (Wildman–Crippen LogP) is 3.40. The number of nitrogens with zero attached hydrogens (tertiary/aromatic N) is 1. The first-order chi connectivity index (χ1) is 9.08. The summed E-state index contributed by atoms with van der Waals surface area (Å²) in [6.45, 7) is 2.73. The number of aryl methyl sites for hydroxylation is 1. The summed E-state index contributed by atoms with van der Waals surface area (Å²) in [5.41, 5.74) is 9.64. The van der Waals surface area contributed by atoms with Gasteiger partial charge in [-0.1, -0.05) is 18.3 Å². The molecule has 0 radical (unpaired) electrons. The van der Waals surface area contributed by atoms with Crippen molar-refractivity contribution in [2.45, 2.75) is 13.5 Å². The maximum absolute atomic E-state index is 5.60. The van der Waals surface area contributed by atoms with Gasteiger partial charge in [-0.15, -0.1) is 0 Å². The monoisotopic (exact) mass is 335 g/mol. The molecule has 0 saturated carbocycles. The second-order valence-corrected chi connectivity index (χ2v) is 5.47. The molecule has 0 aliphatic carbocycles. The van der Waals surface area contributed by atoms with Crippen LogP contribution in [0.2, 0.25) is 0 Å². The lowest BCUT2D eigenvalue weighted by molar-refractivity contribution is 1.02. The first kappa shape index (κ1) is 14.0. The fourth-order valence-corrected chi connectivity index (χ4v) is 2.34. The Hall–Kier alpha value is -1.46. The van der Waals surface area contributed by atoms with E-state index in [2.05, 4.69) is 39.2 Å². The molecule has 0 spiro atoms. The number of halogens is 1. The third kappa shape index (κ3) is 3.52. The maximum Gasteiger partial charge on any atom is 0.104 e. The molecule has 2 aromatic rings. The van der Waals surface area contributed by atoms with Gasteiger partial charge in [-0.2, -0.15) is 0 Å². The fourth-order valence-electron chi connectivity index (χ4n) is 1.69. The molecular weight excluding hydrogens is 322 g/mol. The zero-order valence-electron chi connectivity index (χ0n) is 10.5. The summed E-state index contributed by atoms with van der Waals surface area (Å²) in [6.07, 6.45) is 1.80. The fraction of sp³-hybridized carbons (Fsp3) is 0.143. The van der Waals surface area contributed by atoms with Gasteiger partial charge in [0.25, 0.3) is 0 Å². The number of nitrogens with one attached hydrogen (secondary N) is 1. The van der Waals surface area contributed by atoms with E-state index in [9.17, 15) is 0 Å². The van der Waals surface area contributed by atoms with Gasteiger partial charge in [0.2, 0.25) is 0 Å². The average Bonchev–Trinajstić information content (AvgIpc) is 2.39. The van der Waals surface area contributed by atoms with Gasteiger partial charge < -0.3 is 11.1 Å². The molecule has 0 aliphatic heterocycles. The summed E-state index contributed by atoms with van der Waals surface area (Å²) in [6, 6.07) is 9.76. The molecule has 98 valence electrons. The van der Waals surface area contributed by atoms with Crippen molar-refractivity contribution in [3.63, 3.8) is 0 Å². The van der Waals surface area contributed by atoms with E-state index in [0.717, 1.165) is 21.4 Å². The van der Waals surface area contributed by atoms with Crippen LogP contribution in [0.15, 0.2) is 41.0 Å². The Morgan fingerprint density at radius 3 is 2.84 bits per heavy atom.